The molecule has 1 aliphatic rings. The van der Waals surface area contributed by atoms with E-state index >= 15 is 0 Å². The summed E-state index contributed by atoms with van der Waals surface area (Å²) < 4.78 is 14.2. The van der Waals surface area contributed by atoms with Gasteiger partial charge in [-0.1, -0.05) is 12.1 Å². The molecular weight excluding hydrogens is 359 g/mol. The maximum atomic E-state index is 13.3. The minimum absolute atomic E-state index is 0.0189. The lowest BCUT2D eigenvalue weighted by atomic mass is 9.94. The number of carbonyl (C=O) groups is 1. The first-order valence-electron chi connectivity index (χ1n) is 7.43. The van der Waals surface area contributed by atoms with Gasteiger partial charge in [0, 0.05) is 21.6 Å². The Morgan fingerprint density at radius 1 is 1.22 bits per heavy atom. The van der Waals surface area contributed by atoms with Crippen LogP contribution in [-0.2, 0) is 10.2 Å². The third kappa shape index (κ3) is 2.36. The first-order valence-corrected chi connectivity index (χ1v) is 8.22. The number of amides is 1. The molecule has 0 atom stereocenters. The van der Waals surface area contributed by atoms with E-state index in [1.165, 1.54) is 12.1 Å². The summed E-state index contributed by atoms with van der Waals surface area (Å²) >= 11 is 3.45. The van der Waals surface area contributed by atoms with Crippen molar-refractivity contribution in [1.82, 2.24) is 4.98 Å². The minimum atomic E-state index is -0.522. The molecule has 23 heavy (non-hydrogen) atoms. The Morgan fingerprint density at radius 2 is 2.00 bits per heavy atom. The van der Waals surface area contributed by atoms with Crippen molar-refractivity contribution in [2.75, 3.05) is 5.32 Å². The van der Waals surface area contributed by atoms with E-state index in [1.54, 1.807) is 6.07 Å². The van der Waals surface area contributed by atoms with Crippen molar-refractivity contribution in [3.05, 3.63) is 64.5 Å². The monoisotopic (exact) mass is 372 g/mol. The summed E-state index contributed by atoms with van der Waals surface area (Å²) in [5.74, 6) is -0.303. The first kappa shape index (κ1) is 14.5. The Kier molecular flexibility index (Phi) is 3.27. The SMILES string of the molecule is O=C(Nc1ccccc1Br)C1(c2c[nH]c3cc(F)ccc23)CC1. The molecule has 4 rings (SSSR count). The van der Waals surface area contributed by atoms with Gasteiger partial charge in [0.25, 0.3) is 0 Å². The molecule has 1 aromatic heterocycles. The van der Waals surface area contributed by atoms with Crippen LogP contribution in [0.5, 0.6) is 0 Å². The molecule has 1 aliphatic carbocycles. The van der Waals surface area contributed by atoms with Gasteiger partial charge in [0.15, 0.2) is 0 Å². The van der Waals surface area contributed by atoms with Crippen LogP contribution in [0.1, 0.15) is 18.4 Å². The number of benzene rings is 2. The zero-order chi connectivity index (χ0) is 16.0. The number of aromatic nitrogens is 1. The number of aromatic amines is 1. The van der Waals surface area contributed by atoms with Gasteiger partial charge in [-0.2, -0.15) is 0 Å². The average molecular weight is 373 g/mol. The largest absolute Gasteiger partial charge is 0.361 e. The van der Waals surface area contributed by atoms with Crippen LogP contribution in [-0.4, -0.2) is 10.9 Å². The zero-order valence-corrected chi connectivity index (χ0v) is 13.8. The summed E-state index contributed by atoms with van der Waals surface area (Å²) in [4.78, 5) is 15.9. The first-order chi connectivity index (χ1) is 11.1. The summed E-state index contributed by atoms with van der Waals surface area (Å²) in [7, 11) is 0. The predicted octanol–water partition coefficient (Wildman–Crippen LogP) is 4.74. The number of carbonyl (C=O) groups excluding carboxylic acids is 1. The molecule has 5 heteroatoms. The second-order valence-corrected chi connectivity index (χ2v) is 6.76. The van der Waals surface area contributed by atoms with Gasteiger partial charge in [-0.05, 0) is 64.7 Å². The fourth-order valence-corrected chi connectivity index (χ4v) is 3.43. The zero-order valence-electron chi connectivity index (χ0n) is 12.2. The quantitative estimate of drug-likeness (QED) is 0.685. The number of fused-ring (bicyclic) bond motifs is 1. The molecule has 0 spiro atoms. The van der Waals surface area contributed by atoms with Crippen molar-refractivity contribution in [1.29, 1.82) is 0 Å². The Labute approximate surface area is 141 Å². The van der Waals surface area contributed by atoms with Crippen LogP contribution < -0.4 is 5.32 Å². The molecule has 3 nitrogen and oxygen atoms in total. The molecule has 116 valence electrons. The highest BCUT2D eigenvalue weighted by Crippen LogP contribution is 2.51. The Balaban J connectivity index is 1.70. The van der Waals surface area contributed by atoms with Gasteiger partial charge in [-0.3, -0.25) is 4.79 Å². The van der Waals surface area contributed by atoms with Crippen molar-refractivity contribution in [3.8, 4) is 0 Å². The second-order valence-electron chi connectivity index (χ2n) is 5.91. The molecule has 1 fully saturated rings. The Bertz CT molecular complexity index is 914. The molecular formula is C18H14BrFN2O. The molecule has 0 aliphatic heterocycles. The molecule has 0 saturated heterocycles. The molecule has 1 amide bonds. The van der Waals surface area contributed by atoms with Crippen LogP contribution >= 0.6 is 15.9 Å². The maximum absolute atomic E-state index is 13.3. The number of hydrogen-bond acceptors (Lipinski definition) is 1. The number of nitrogens with one attached hydrogen (secondary N) is 2. The minimum Gasteiger partial charge on any atom is -0.361 e. The lowest BCUT2D eigenvalue weighted by Crippen LogP contribution is -2.27. The van der Waals surface area contributed by atoms with Gasteiger partial charge in [0.05, 0.1) is 11.1 Å². The highest BCUT2D eigenvalue weighted by molar-refractivity contribution is 9.10. The predicted molar refractivity (Wildman–Crippen MR) is 91.9 cm³/mol. The van der Waals surface area contributed by atoms with Gasteiger partial charge >= 0.3 is 0 Å². The van der Waals surface area contributed by atoms with Crippen molar-refractivity contribution < 1.29 is 9.18 Å². The van der Waals surface area contributed by atoms with E-state index in [4.69, 9.17) is 0 Å². The molecule has 0 bridgehead atoms. The fourth-order valence-electron chi connectivity index (χ4n) is 3.04. The number of rotatable bonds is 3. The third-order valence-electron chi connectivity index (χ3n) is 4.47. The number of hydrogen-bond donors (Lipinski definition) is 2. The summed E-state index contributed by atoms with van der Waals surface area (Å²) in [6, 6.07) is 12.2. The van der Waals surface area contributed by atoms with E-state index in [0.29, 0.717) is 0 Å². The fraction of sp³-hybridized carbons (Fsp3) is 0.167. The van der Waals surface area contributed by atoms with E-state index in [2.05, 4.69) is 26.2 Å². The lowest BCUT2D eigenvalue weighted by molar-refractivity contribution is -0.118. The van der Waals surface area contributed by atoms with Crippen molar-refractivity contribution >= 4 is 38.4 Å². The summed E-state index contributed by atoms with van der Waals surface area (Å²) in [5.41, 5.74) is 1.90. The lowest BCUT2D eigenvalue weighted by Gasteiger charge is -2.15. The Morgan fingerprint density at radius 3 is 2.74 bits per heavy atom. The van der Waals surface area contributed by atoms with Gasteiger partial charge < -0.3 is 10.3 Å². The highest BCUT2D eigenvalue weighted by atomic mass is 79.9. The van der Waals surface area contributed by atoms with Gasteiger partial charge in [0.2, 0.25) is 5.91 Å². The molecule has 0 unspecified atom stereocenters. The van der Waals surface area contributed by atoms with Crippen molar-refractivity contribution in [2.24, 2.45) is 0 Å². The number of para-hydroxylation sites is 1. The van der Waals surface area contributed by atoms with Crippen molar-refractivity contribution in [2.45, 2.75) is 18.3 Å². The average Bonchev–Trinajstić information content (AvgIpc) is 3.24. The summed E-state index contributed by atoms with van der Waals surface area (Å²) in [6.07, 6.45) is 3.43. The summed E-state index contributed by atoms with van der Waals surface area (Å²) in [5, 5.41) is 3.91. The number of anilines is 1. The molecule has 2 N–H and O–H groups in total. The topological polar surface area (TPSA) is 44.9 Å². The van der Waals surface area contributed by atoms with Crippen molar-refractivity contribution in [3.63, 3.8) is 0 Å². The van der Waals surface area contributed by atoms with Crippen LogP contribution in [0.25, 0.3) is 10.9 Å². The second kappa shape index (κ2) is 5.20. The van der Waals surface area contributed by atoms with E-state index in [0.717, 1.165) is 39.5 Å². The van der Waals surface area contributed by atoms with E-state index < -0.39 is 5.41 Å². The van der Waals surface area contributed by atoms with Gasteiger partial charge in [-0.25, -0.2) is 4.39 Å². The van der Waals surface area contributed by atoms with E-state index in [-0.39, 0.29) is 11.7 Å². The Hall–Kier alpha value is -2.14. The molecule has 1 saturated carbocycles. The normalized spacial score (nSPS) is 15.6. The van der Waals surface area contributed by atoms with Gasteiger partial charge in [-0.15, -0.1) is 0 Å². The van der Waals surface area contributed by atoms with Crippen LogP contribution in [0.15, 0.2) is 53.1 Å². The maximum Gasteiger partial charge on any atom is 0.235 e. The van der Waals surface area contributed by atoms with Crippen LogP contribution in [0.3, 0.4) is 0 Å². The summed E-state index contributed by atoms with van der Waals surface area (Å²) in [6.45, 7) is 0. The van der Waals surface area contributed by atoms with E-state index in [9.17, 15) is 9.18 Å². The van der Waals surface area contributed by atoms with E-state index in [1.807, 2.05) is 30.5 Å². The molecule has 0 radical (unpaired) electrons. The number of halogens is 2. The molecule has 3 aromatic rings. The smallest absolute Gasteiger partial charge is 0.235 e. The third-order valence-corrected chi connectivity index (χ3v) is 5.16. The van der Waals surface area contributed by atoms with Gasteiger partial charge in [0.1, 0.15) is 5.82 Å². The molecule has 1 heterocycles. The molecule has 2 aromatic carbocycles. The highest BCUT2D eigenvalue weighted by Gasteiger charge is 2.52. The standard InChI is InChI=1S/C18H14BrFN2O/c19-14-3-1-2-4-15(14)22-17(23)18(7-8-18)13-10-21-16-9-11(20)5-6-12(13)16/h1-6,9-10,21H,7-8H2,(H,22,23). The van der Waals surface area contributed by atoms with Crippen LogP contribution in [0, 0.1) is 5.82 Å². The number of H-pyrrole nitrogens is 1. The van der Waals surface area contributed by atoms with Crippen LogP contribution in [0.2, 0.25) is 0 Å². The van der Waals surface area contributed by atoms with Crippen LogP contribution in [0.4, 0.5) is 10.1 Å².